The number of carbonyl (C=O) groups is 2. The van der Waals surface area contributed by atoms with Gasteiger partial charge in [-0.25, -0.2) is 4.39 Å². The van der Waals surface area contributed by atoms with E-state index in [2.05, 4.69) is 20.7 Å². The van der Waals surface area contributed by atoms with Crippen LogP contribution in [0.25, 0.3) is 0 Å². The first kappa shape index (κ1) is 14.1. The van der Waals surface area contributed by atoms with E-state index in [9.17, 15) is 18.4 Å². The molecule has 0 saturated heterocycles. The van der Waals surface area contributed by atoms with Crippen LogP contribution in [0, 0.1) is 11.6 Å². The van der Waals surface area contributed by atoms with E-state index in [0.717, 1.165) is 6.07 Å². The Kier molecular flexibility index (Phi) is 4.60. The molecule has 0 radical (unpaired) electrons. The summed E-state index contributed by atoms with van der Waals surface area (Å²) in [6, 6.07) is 0.905. The molecule has 0 bridgehead atoms. The number of benzene rings is 1. The summed E-state index contributed by atoms with van der Waals surface area (Å²) in [4.78, 5) is 23.6. The lowest BCUT2D eigenvalue weighted by Gasteiger charge is -2.19. The van der Waals surface area contributed by atoms with Gasteiger partial charge in [-0.1, -0.05) is 0 Å². The summed E-state index contributed by atoms with van der Waals surface area (Å²) in [5, 5.41) is 0. The molecule has 0 heterocycles. The van der Waals surface area contributed by atoms with Gasteiger partial charge in [-0.2, -0.15) is 4.39 Å². The van der Waals surface area contributed by atoms with Crippen LogP contribution in [0.5, 0.6) is 5.75 Å². The highest BCUT2D eigenvalue weighted by atomic mass is 79.9. The number of ether oxygens (including phenoxy) is 2. The summed E-state index contributed by atoms with van der Waals surface area (Å²) in [6.07, 6.45) is -0.993. The topological polar surface area (TPSA) is 52.6 Å². The maximum atomic E-state index is 13.9. The zero-order valence-corrected chi connectivity index (χ0v) is 13.8. The van der Waals surface area contributed by atoms with Gasteiger partial charge in [0.2, 0.25) is 5.82 Å². The number of methoxy groups -OCH3 is 1. The molecule has 0 aliphatic rings. The van der Waals surface area contributed by atoms with E-state index in [1.807, 2.05) is 0 Å². The van der Waals surface area contributed by atoms with E-state index in [1.54, 1.807) is 20.8 Å². The standard InChI is InChI=1S/C15H17BrF2O4/c1-15(2,3)22-11(20)7-9(19)5-8-6-10(21-4)13(17)14(18)12(8)16/h6H,5,7H2,1-4H3/i4D3. The molecule has 1 aromatic rings. The second-order valence-corrected chi connectivity index (χ2v) is 6.35. The third kappa shape index (κ3) is 5.05. The van der Waals surface area contributed by atoms with Crippen LogP contribution in [-0.4, -0.2) is 24.4 Å². The fraction of sp³-hybridized carbons (Fsp3) is 0.467. The molecule has 0 spiro atoms. The Morgan fingerprint density at radius 1 is 1.32 bits per heavy atom. The first-order valence-corrected chi connectivity index (χ1v) is 7.08. The largest absolute Gasteiger partial charge is 0.494 e. The maximum absolute atomic E-state index is 13.9. The quantitative estimate of drug-likeness (QED) is 0.444. The summed E-state index contributed by atoms with van der Waals surface area (Å²) >= 11 is 2.81. The van der Waals surface area contributed by atoms with Gasteiger partial charge in [-0.15, -0.1) is 0 Å². The highest BCUT2D eigenvalue weighted by Gasteiger charge is 2.22. The number of esters is 1. The Hall–Kier alpha value is -1.50. The van der Waals surface area contributed by atoms with Gasteiger partial charge >= 0.3 is 5.97 Å². The molecule has 0 fully saturated rings. The molecule has 0 aromatic heterocycles. The van der Waals surface area contributed by atoms with Crippen LogP contribution in [0.4, 0.5) is 8.78 Å². The lowest BCUT2D eigenvalue weighted by molar-refractivity contribution is -0.156. The molecule has 1 aromatic carbocycles. The number of hydrogen-bond donors (Lipinski definition) is 0. The molecule has 1 rings (SSSR count). The minimum Gasteiger partial charge on any atom is -0.494 e. The summed E-state index contributed by atoms with van der Waals surface area (Å²) in [7, 11) is -2.99. The fourth-order valence-electron chi connectivity index (χ4n) is 1.65. The number of ketones is 1. The van der Waals surface area contributed by atoms with Crippen LogP contribution in [0.15, 0.2) is 10.5 Å². The molecule has 0 amide bonds. The first-order chi connectivity index (χ1) is 11.2. The summed E-state index contributed by atoms with van der Waals surface area (Å²) in [6.45, 7) is 4.92. The van der Waals surface area contributed by atoms with Gasteiger partial charge in [0.25, 0.3) is 0 Å². The zero-order chi connectivity index (χ0) is 19.6. The summed E-state index contributed by atoms with van der Waals surface area (Å²) < 4.78 is 57.6. The lowest BCUT2D eigenvalue weighted by atomic mass is 10.1. The van der Waals surface area contributed by atoms with Crippen LogP contribution < -0.4 is 4.74 Å². The molecule has 22 heavy (non-hydrogen) atoms. The summed E-state index contributed by atoms with van der Waals surface area (Å²) in [5.74, 6) is -5.09. The molecule has 0 N–H and O–H groups in total. The van der Waals surface area contributed by atoms with Gasteiger partial charge in [-0.3, -0.25) is 9.59 Å². The minimum atomic E-state index is -2.99. The molecule has 0 unspecified atom stereocenters. The smallest absolute Gasteiger partial charge is 0.313 e. The van der Waals surface area contributed by atoms with E-state index < -0.39 is 54.6 Å². The van der Waals surface area contributed by atoms with Gasteiger partial charge in [0.05, 0.1) is 15.6 Å². The molecule has 4 nitrogen and oxygen atoms in total. The Bertz CT molecular complexity index is 685. The Balaban J connectivity index is 2.98. The Morgan fingerprint density at radius 2 is 1.95 bits per heavy atom. The van der Waals surface area contributed by atoms with Crippen LogP contribution in [0.1, 0.15) is 36.9 Å². The van der Waals surface area contributed by atoms with Crippen molar-refractivity contribution in [3.05, 3.63) is 27.7 Å². The second-order valence-electron chi connectivity index (χ2n) is 5.56. The van der Waals surface area contributed by atoms with Gasteiger partial charge in [0.15, 0.2) is 11.6 Å². The number of hydrogen-bond acceptors (Lipinski definition) is 4. The van der Waals surface area contributed by atoms with Crippen molar-refractivity contribution < 1.29 is 32.0 Å². The molecule has 0 atom stereocenters. The molecular weight excluding hydrogens is 362 g/mol. The molecule has 122 valence electrons. The van der Waals surface area contributed by atoms with E-state index in [0.29, 0.717) is 0 Å². The van der Waals surface area contributed by atoms with Crippen molar-refractivity contribution in [1.29, 1.82) is 0 Å². The second kappa shape index (κ2) is 7.17. The highest BCUT2D eigenvalue weighted by Crippen LogP contribution is 2.30. The van der Waals surface area contributed by atoms with Gasteiger partial charge < -0.3 is 9.47 Å². The van der Waals surface area contributed by atoms with Crippen LogP contribution >= 0.6 is 15.9 Å². The van der Waals surface area contributed by atoms with Crippen molar-refractivity contribution in [3.63, 3.8) is 0 Å². The fourth-order valence-corrected chi connectivity index (χ4v) is 2.08. The maximum Gasteiger partial charge on any atom is 0.313 e. The molecule has 0 saturated carbocycles. The van der Waals surface area contributed by atoms with Crippen molar-refractivity contribution in [2.75, 3.05) is 7.04 Å². The predicted octanol–water partition coefficient (Wildman–Crippen LogP) is 3.58. The third-order valence-electron chi connectivity index (χ3n) is 2.45. The minimum absolute atomic E-state index is 0.0493. The molecule has 0 aliphatic carbocycles. The van der Waals surface area contributed by atoms with E-state index in [4.69, 9.17) is 8.85 Å². The molecular formula is C15H17BrF2O4. The van der Waals surface area contributed by atoms with Gasteiger partial charge in [-0.05, 0) is 48.3 Å². The van der Waals surface area contributed by atoms with Crippen molar-refractivity contribution in [2.24, 2.45) is 0 Å². The monoisotopic (exact) mass is 381 g/mol. The molecule has 7 heteroatoms. The van der Waals surface area contributed by atoms with E-state index in [-0.39, 0.29) is 10.0 Å². The average Bonchev–Trinajstić information content (AvgIpc) is 2.37. The Morgan fingerprint density at radius 3 is 2.50 bits per heavy atom. The lowest BCUT2D eigenvalue weighted by Crippen LogP contribution is -2.25. The van der Waals surface area contributed by atoms with E-state index >= 15 is 0 Å². The average molecular weight is 382 g/mol. The Labute approximate surface area is 140 Å². The van der Waals surface area contributed by atoms with Crippen molar-refractivity contribution in [2.45, 2.75) is 39.2 Å². The van der Waals surface area contributed by atoms with Crippen molar-refractivity contribution >= 4 is 27.7 Å². The number of Topliss-reactive ketones (excluding diaryl/α,β-unsaturated/α-hetero) is 1. The van der Waals surface area contributed by atoms with Crippen LogP contribution in [-0.2, 0) is 20.7 Å². The SMILES string of the molecule is [2H]C([2H])([2H])Oc1cc(CC(=O)CC(=O)OC(C)(C)C)c(Br)c(F)c1F. The van der Waals surface area contributed by atoms with E-state index in [1.165, 1.54) is 0 Å². The normalized spacial score (nSPS) is 13.8. The number of carbonyl (C=O) groups excluding carboxylic acids is 2. The van der Waals surface area contributed by atoms with Crippen molar-refractivity contribution in [3.8, 4) is 5.75 Å². The van der Waals surface area contributed by atoms with Gasteiger partial charge in [0, 0.05) is 6.42 Å². The third-order valence-corrected chi connectivity index (χ3v) is 3.31. The molecule has 0 aliphatic heterocycles. The number of rotatable bonds is 5. The van der Waals surface area contributed by atoms with Crippen molar-refractivity contribution in [1.82, 2.24) is 0 Å². The van der Waals surface area contributed by atoms with Gasteiger partial charge in [0.1, 0.15) is 17.8 Å². The predicted molar refractivity (Wildman–Crippen MR) is 79.8 cm³/mol. The zero-order valence-electron chi connectivity index (χ0n) is 15.3. The van der Waals surface area contributed by atoms with Crippen LogP contribution in [0.3, 0.4) is 0 Å². The van der Waals surface area contributed by atoms with Crippen LogP contribution in [0.2, 0.25) is 0 Å². The summed E-state index contributed by atoms with van der Waals surface area (Å²) in [5.41, 5.74) is -0.813. The highest BCUT2D eigenvalue weighted by molar-refractivity contribution is 9.10. The first-order valence-electron chi connectivity index (χ1n) is 7.78. The number of halogens is 3.